The second-order valence-electron chi connectivity index (χ2n) is 5.34. The highest BCUT2D eigenvalue weighted by atomic mass is 32.2. The first-order valence-corrected chi connectivity index (χ1v) is 8.43. The smallest absolute Gasteiger partial charge is 0.232 e. The van der Waals surface area contributed by atoms with Crippen LogP contribution in [0.1, 0.15) is 5.56 Å². The second-order valence-corrected chi connectivity index (χ2v) is 6.28. The molecule has 116 valence electrons. The minimum atomic E-state index is -0.208. The zero-order valence-electron chi connectivity index (χ0n) is 12.4. The summed E-state index contributed by atoms with van der Waals surface area (Å²) in [6, 6.07) is 16.8. The van der Waals surface area contributed by atoms with Crippen LogP contribution in [0.4, 0.5) is 16.0 Å². The van der Waals surface area contributed by atoms with E-state index in [1.807, 2.05) is 18.2 Å². The highest BCUT2D eigenvalue weighted by molar-refractivity contribution is 7.98. The molecule has 2 heterocycles. The Kier molecular flexibility index (Phi) is 3.75. The third-order valence-corrected chi connectivity index (χ3v) is 4.87. The van der Waals surface area contributed by atoms with E-state index in [2.05, 4.69) is 31.8 Å². The number of hydrogen-bond donors (Lipinski definition) is 0. The fourth-order valence-corrected chi connectivity index (χ4v) is 3.58. The van der Waals surface area contributed by atoms with Crippen molar-refractivity contribution in [2.45, 2.75) is 17.5 Å². The molecular formula is C17H15FN4S. The molecule has 1 aliphatic heterocycles. The van der Waals surface area contributed by atoms with E-state index in [4.69, 9.17) is 0 Å². The first kappa shape index (κ1) is 14.3. The molecule has 0 amide bonds. The van der Waals surface area contributed by atoms with Crippen LogP contribution in [0.3, 0.4) is 0 Å². The lowest BCUT2D eigenvalue weighted by atomic mass is 10.2. The van der Waals surface area contributed by atoms with Gasteiger partial charge in [0.25, 0.3) is 0 Å². The van der Waals surface area contributed by atoms with Crippen molar-refractivity contribution in [3.63, 3.8) is 0 Å². The first-order chi connectivity index (χ1) is 11.3. The molecule has 0 saturated heterocycles. The van der Waals surface area contributed by atoms with Gasteiger partial charge in [0, 0.05) is 24.5 Å². The lowest BCUT2D eigenvalue weighted by Crippen LogP contribution is -2.13. The maximum Gasteiger partial charge on any atom is 0.232 e. The lowest BCUT2D eigenvalue weighted by Gasteiger charge is -2.14. The van der Waals surface area contributed by atoms with E-state index in [0.29, 0.717) is 0 Å². The van der Waals surface area contributed by atoms with Gasteiger partial charge in [0.15, 0.2) is 5.16 Å². The van der Waals surface area contributed by atoms with E-state index in [1.165, 1.54) is 12.1 Å². The highest BCUT2D eigenvalue weighted by Crippen LogP contribution is 2.32. The SMILES string of the molecule is Fc1ccc(CSc2nnc3n2CCN3c2ccccc2)cc1. The fraction of sp³-hybridized carbons (Fsp3) is 0.176. The van der Waals surface area contributed by atoms with Crippen molar-refractivity contribution < 1.29 is 4.39 Å². The van der Waals surface area contributed by atoms with Gasteiger partial charge in [-0.25, -0.2) is 4.39 Å². The monoisotopic (exact) mass is 326 g/mol. The highest BCUT2D eigenvalue weighted by Gasteiger charge is 2.25. The largest absolute Gasteiger partial charge is 0.309 e. The number of nitrogens with zero attached hydrogens (tertiary/aromatic N) is 4. The number of benzene rings is 2. The van der Waals surface area contributed by atoms with Gasteiger partial charge in [0.05, 0.1) is 0 Å². The van der Waals surface area contributed by atoms with E-state index in [-0.39, 0.29) is 5.82 Å². The van der Waals surface area contributed by atoms with Crippen molar-refractivity contribution in [3.8, 4) is 0 Å². The van der Waals surface area contributed by atoms with E-state index >= 15 is 0 Å². The molecule has 0 N–H and O–H groups in total. The number of fused-ring (bicyclic) bond motifs is 1. The van der Waals surface area contributed by atoms with Crippen LogP contribution >= 0.6 is 11.8 Å². The zero-order valence-corrected chi connectivity index (χ0v) is 13.2. The average molecular weight is 326 g/mol. The summed E-state index contributed by atoms with van der Waals surface area (Å²) >= 11 is 1.63. The van der Waals surface area contributed by atoms with Crippen LogP contribution < -0.4 is 4.90 Å². The molecule has 23 heavy (non-hydrogen) atoms. The molecule has 4 nitrogen and oxygen atoms in total. The Morgan fingerprint density at radius 2 is 1.74 bits per heavy atom. The summed E-state index contributed by atoms with van der Waals surface area (Å²) in [5, 5.41) is 9.55. The number of thioether (sulfide) groups is 1. The maximum absolute atomic E-state index is 12.9. The van der Waals surface area contributed by atoms with E-state index in [1.54, 1.807) is 23.9 Å². The van der Waals surface area contributed by atoms with Crippen molar-refractivity contribution >= 4 is 23.4 Å². The van der Waals surface area contributed by atoms with Gasteiger partial charge in [-0.3, -0.25) is 4.57 Å². The van der Waals surface area contributed by atoms with E-state index < -0.39 is 0 Å². The molecule has 4 rings (SSSR count). The van der Waals surface area contributed by atoms with Crippen LogP contribution in [0.25, 0.3) is 0 Å². The van der Waals surface area contributed by atoms with Gasteiger partial charge in [0.1, 0.15) is 5.82 Å². The van der Waals surface area contributed by atoms with Crippen molar-refractivity contribution in [2.24, 2.45) is 0 Å². The summed E-state index contributed by atoms with van der Waals surface area (Å²) in [6.07, 6.45) is 0. The van der Waals surface area contributed by atoms with Crippen LogP contribution in [0.15, 0.2) is 59.8 Å². The topological polar surface area (TPSA) is 34.0 Å². The Hall–Kier alpha value is -2.34. The normalized spacial score (nSPS) is 13.3. The Labute approximate surface area is 138 Å². The Balaban J connectivity index is 1.51. The van der Waals surface area contributed by atoms with Crippen LogP contribution in [0, 0.1) is 5.82 Å². The Morgan fingerprint density at radius 3 is 2.52 bits per heavy atom. The lowest BCUT2D eigenvalue weighted by molar-refractivity contribution is 0.627. The molecule has 0 radical (unpaired) electrons. The van der Waals surface area contributed by atoms with Crippen molar-refractivity contribution in [2.75, 3.05) is 11.4 Å². The van der Waals surface area contributed by atoms with Gasteiger partial charge in [-0.15, -0.1) is 10.2 Å². The molecule has 0 unspecified atom stereocenters. The van der Waals surface area contributed by atoms with Gasteiger partial charge < -0.3 is 4.90 Å². The van der Waals surface area contributed by atoms with Crippen LogP contribution in [-0.4, -0.2) is 21.3 Å². The molecule has 0 saturated carbocycles. The summed E-state index contributed by atoms with van der Waals surface area (Å²) in [7, 11) is 0. The van der Waals surface area contributed by atoms with Crippen LogP contribution in [0.5, 0.6) is 0 Å². The third-order valence-electron chi connectivity index (χ3n) is 3.84. The van der Waals surface area contributed by atoms with Gasteiger partial charge in [-0.1, -0.05) is 42.1 Å². The predicted octanol–water partition coefficient (Wildman–Crippen LogP) is 3.86. The average Bonchev–Trinajstić information content (AvgIpc) is 3.17. The standard InChI is InChI=1S/C17H15FN4S/c18-14-8-6-13(7-9-14)12-23-17-20-19-16-21(10-11-22(16)17)15-4-2-1-3-5-15/h1-9H,10-12H2. The summed E-state index contributed by atoms with van der Waals surface area (Å²) in [6.45, 7) is 1.78. The van der Waals surface area contributed by atoms with Crippen LogP contribution in [-0.2, 0) is 12.3 Å². The molecule has 0 atom stereocenters. The fourth-order valence-electron chi connectivity index (χ4n) is 2.66. The van der Waals surface area contributed by atoms with Crippen molar-refractivity contribution in [1.29, 1.82) is 0 Å². The number of anilines is 2. The van der Waals surface area contributed by atoms with Crippen LogP contribution in [0.2, 0.25) is 0 Å². The number of halogens is 1. The molecule has 0 aliphatic carbocycles. The Morgan fingerprint density at radius 1 is 0.957 bits per heavy atom. The summed E-state index contributed by atoms with van der Waals surface area (Å²) in [5.74, 6) is 1.43. The molecule has 6 heteroatoms. The quantitative estimate of drug-likeness (QED) is 0.682. The van der Waals surface area contributed by atoms with Gasteiger partial charge in [-0.05, 0) is 29.8 Å². The van der Waals surface area contributed by atoms with Crippen molar-refractivity contribution in [3.05, 3.63) is 66.0 Å². The number of hydrogen-bond acceptors (Lipinski definition) is 4. The molecular weight excluding hydrogens is 311 g/mol. The molecule has 0 spiro atoms. The van der Waals surface area contributed by atoms with E-state index in [0.717, 1.165) is 41.2 Å². The van der Waals surface area contributed by atoms with Crippen molar-refractivity contribution in [1.82, 2.24) is 14.8 Å². The summed E-state index contributed by atoms with van der Waals surface area (Å²) in [5.41, 5.74) is 2.21. The van der Waals surface area contributed by atoms with E-state index in [9.17, 15) is 4.39 Å². The molecule has 1 aliphatic rings. The summed E-state index contributed by atoms with van der Waals surface area (Å²) < 4.78 is 15.1. The number of para-hydroxylation sites is 1. The van der Waals surface area contributed by atoms with Gasteiger partial charge >= 0.3 is 0 Å². The summed E-state index contributed by atoms with van der Waals surface area (Å²) in [4.78, 5) is 2.18. The second kappa shape index (κ2) is 6.04. The first-order valence-electron chi connectivity index (χ1n) is 7.44. The third kappa shape index (κ3) is 2.82. The minimum Gasteiger partial charge on any atom is -0.309 e. The minimum absolute atomic E-state index is 0.208. The van der Waals surface area contributed by atoms with Gasteiger partial charge in [-0.2, -0.15) is 0 Å². The molecule has 0 fully saturated rings. The number of aromatic nitrogens is 3. The maximum atomic E-state index is 12.9. The van der Waals surface area contributed by atoms with Gasteiger partial charge in [0.2, 0.25) is 5.95 Å². The molecule has 2 aromatic carbocycles. The Bertz CT molecular complexity index is 801. The predicted molar refractivity (Wildman–Crippen MR) is 89.4 cm³/mol. The molecule has 1 aromatic heterocycles. The molecule has 0 bridgehead atoms. The number of rotatable bonds is 4. The zero-order chi connectivity index (χ0) is 15.6. The molecule has 3 aromatic rings.